The smallest absolute Gasteiger partial charge is 0.160 e. The summed E-state index contributed by atoms with van der Waals surface area (Å²) in [5.74, 6) is 0.721. The molecule has 266 valence electrons. The summed E-state index contributed by atoms with van der Waals surface area (Å²) in [6.45, 7) is 0. The minimum atomic E-state index is -0.428. The highest BCUT2D eigenvalue weighted by molar-refractivity contribution is 7.99. The summed E-state index contributed by atoms with van der Waals surface area (Å²) < 4.78 is 2.53. The minimum absolute atomic E-state index is 0.428. The fraction of sp³-hybridized carbons (Fsp3) is 0.0189. The Kier molecular flexibility index (Phi) is 7.28. The Balaban J connectivity index is 1.11. The van der Waals surface area contributed by atoms with Crippen molar-refractivity contribution < 1.29 is 0 Å². The van der Waals surface area contributed by atoms with E-state index >= 15 is 0 Å². The Morgan fingerprint density at radius 2 is 0.982 bits per heavy atom. The maximum absolute atomic E-state index is 5.30. The predicted molar refractivity (Wildman–Crippen MR) is 238 cm³/mol. The van der Waals surface area contributed by atoms with E-state index < -0.39 is 5.41 Å². The molecule has 1 aliphatic carbocycles. The van der Waals surface area contributed by atoms with Gasteiger partial charge in [-0.25, -0.2) is 9.97 Å². The number of fused-ring (bicyclic) bond motifs is 12. The van der Waals surface area contributed by atoms with Crippen LogP contribution in [0.25, 0.3) is 76.3 Å². The molecule has 0 saturated carbocycles. The van der Waals surface area contributed by atoms with E-state index in [1.165, 1.54) is 74.5 Å². The third kappa shape index (κ3) is 4.84. The van der Waals surface area contributed by atoms with Crippen LogP contribution in [0.5, 0.6) is 0 Å². The fourth-order valence-electron chi connectivity index (χ4n) is 9.35. The fourth-order valence-corrected chi connectivity index (χ4v) is 11.8. The first-order valence-corrected chi connectivity index (χ1v) is 21.0. The van der Waals surface area contributed by atoms with E-state index in [-0.39, 0.29) is 0 Å². The SMILES string of the molecule is c1ccc(-c2cc(-c3ccc(-c4ccc5c(c4)C4(c6ccccc6S5)c5ccccc5-c5ccccc54)c4sc5ccccc5c34)nc(-c3ccccc3)n2)cc1. The quantitative estimate of drug-likeness (QED) is 0.179. The predicted octanol–water partition coefficient (Wildman–Crippen LogP) is 14.3. The average molecular weight is 761 g/mol. The molecule has 0 amide bonds. The molecule has 0 fully saturated rings. The second kappa shape index (κ2) is 12.7. The molecule has 10 aromatic rings. The van der Waals surface area contributed by atoms with Crippen LogP contribution >= 0.6 is 23.1 Å². The first kappa shape index (κ1) is 32.6. The molecule has 2 nitrogen and oxygen atoms in total. The van der Waals surface area contributed by atoms with Crippen LogP contribution in [0, 0.1) is 0 Å². The van der Waals surface area contributed by atoms with Crippen LogP contribution in [-0.4, -0.2) is 9.97 Å². The average Bonchev–Trinajstić information content (AvgIpc) is 3.82. The second-order valence-corrected chi connectivity index (χ2v) is 16.9. The van der Waals surface area contributed by atoms with Crippen LogP contribution in [0.1, 0.15) is 22.3 Å². The highest BCUT2D eigenvalue weighted by Gasteiger charge is 2.50. The number of aromatic nitrogens is 2. The summed E-state index contributed by atoms with van der Waals surface area (Å²) in [4.78, 5) is 13.0. The standard InChI is InChI=1S/C53H32N2S2/c1-3-15-33(16-4-1)45-32-46(55-52(54-45)34-17-5-2-6-18-34)39-29-28-36(51-50(39)40-21-9-13-25-47(40)57-51)35-27-30-49-44(31-35)53(43-24-12-14-26-48(43)56-49)41-22-10-7-19-37(41)38-20-8-11-23-42(38)53/h1-32H. The first-order chi connectivity index (χ1) is 28.3. The van der Waals surface area contributed by atoms with Crippen molar-refractivity contribution in [3.05, 3.63) is 216 Å². The van der Waals surface area contributed by atoms with E-state index in [1.54, 1.807) is 0 Å². The Bertz CT molecular complexity index is 3120. The number of rotatable bonds is 4. The van der Waals surface area contributed by atoms with Crippen molar-refractivity contribution in [2.75, 3.05) is 0 Å². The second-order valence-electron chi connectivity index (χ2n) is 14.8. The van der Waals surface area contributed by atoms with Crippen LogP contribution in [0.15, 0.2) is 204 Å². The third-order valence-electron chi connectivity index (χ3n) is 11.8. The van der Waals surface area contributed by atoms with E-state index in [4.69, 9.17) is 9.97 Å². The summed E-state index contributed by atoms with van der Waals surface area (Å²) in [5, 5.41) is 2.47. The van der Waals surface area contributed by atoms with Crippen molar-refractivity contribution >= 4 is 43.3 Å². The summed E-state index contributed by atoms with van der Waals surface area (Å²) in [6.07, 6.45) is 0. The molecular weight excluding hydrogens is 729 g/mol. The molecular formula is C53H32N2S2. The van der Waals surface area contributed by atoms with Gasteiger partial charge in [-0.05, 0) is 74.8 Å². The Hall–Kier alpha value is -6.59. The van der Waals surface area contributed by atoms with Gasteiger partial charge in [0.1, 0.15) is 0 Å². The molecule has 0 atom stereocenters. The molecule has 1 spiro atoms. The van der Waals surface area contributed by atoms with Crippen LogP contribution < -0.4 is 0 Å². The molecule has 0 radical (unpaired) electrons. The summed E-state index contributed by atoms with van der Waals surface area (Å²) in [5.41, 5.74) is 15.1. The zero-order valence-corrected chi connectivity index (χ0v) is 32.3. The van der Waals surface area contributed by atoms with Crippen LogP contribution in [0.4, 0.5) is 0 Å². The van der Waals surface area contributed by atoms with Gasteiger partial charge in [0.15, 0.2) is 5.82 Å². The first-order valence-electron chi connectivity index (χ1n) is 19.3. The molecule has 0 bridgehead atoms. The number of hydrogen-bond acceptors (Lipinski definition) is 4. The highest BCUT2D eigenvalue weighted by atomic mass is 32.2. The maximum Gasteiger partial charge on any atom is 0.160 e. The molecule has 3 heterocycles. The zero-order chi connectivity index (χ0) is 37.5. The largest absolute Gasteiger partial charge is 0.228 e. The van der Waals surface area contributed by atoms with E-state index in [9.17, 15) is 0 Å². The van der Waals surface area contributed by atoms with Gasteiger partial charge in [0.25, 0.3) is 0 Å². The molecule has 0 N–H and O–H groups in total. The van der Waals surface area contributed by atoms with Crippen LogP contribution in [-0.2, 0) is 5.41 Å². The minimum Gasteiger partial charge on any atom is -0.228 e. The molecule has 1 aliphatic heterocycles. The lowest BCUT2D eigenvalue weighted by Crippen LogP contribution is -2.32. The summed E-state index contributed by atoms with van der Waals surface area (Å²) in [6, 6.07) is 70.7. The van der Waals surface area contributed by atoms with E-state index in [0.717, 1.165) is 33.9 Å². The van der Waals surface area contributed by atoms with Crippen molar-refractivity contribution in [2.24, 2.45) is 0 Å². The Morgan fingerprint density at radius 3 is 1.75 bits per heavy atom. The van der Waals surface area contributed by atoms with Gasteiger partial charge in [-0.3, -0.25) is 0 Å². The number of nitrogens with zero attached hydrogens (tertiary/aromatic N) is 2. The van der Waals surface area contributed by atoms with Gasteiger partial charge in [0.05, 0.1) is 16.8 Å². The van der Waals surface area contributed by atoms with Crippen molar-refractivity contribution in [1.29, 1.82) is 0 Å². The summed E-state index contributed by atoms with van der Waals surface area (Å²) >= 11 is 3.76. The van der Waals surface area contributed by atoms with E-state index in [1.807, 2.05) is 35.2 Å². The Labute approximate surface area is 339 Å². The molecule has 0 unspecified atom stereocenters. The van der Waals surface area contributed by atoms with Gasteiger partial charge in [-0.2, -0.15) is 0 Å². The van der Waals surface area contributed by atoms with Crippen molar-refractivity contribution in [1.82, 2.24) is 9.97 Å². The topological polar surface area (TPSA) is 25.8 Å². The monoisotopic (exact) mass is 760 g/mol. The third-order valence-corrected chi connectivity index (χ3v) is 14.1. The lowest BCUT2D eigenvalue weighted by atomic mass is 9.67. The van der Waals surface area contributed by atoms with E-state index in [2.05, 4.69) is 182 Å². The van der Waals surface area contributed by atoms with Gasteiger partial charge in [-0.1, -0.05) is 176 Å². The van der Waals surface area contributed by atoms with Crippen LogP contribution in [0.3, 0.4) is 0 Å². The molecule has 12 rings (SSSR count). The van der Waals surface area contributed by atoms with Gasteiger partial charge < -0.3 is 0 Å². The van der Waals surface area contributed by atoms with Crippen LogP contribution in [0.2, 0.25) is 0 Å². The lowest BCUT2D eigenvalue weighted by Gasteiger charge is -2.40. The molecule has 2 aromatic heterocycles. The highest BCUT2D eigenvalue weighted by Crippen LogP contribution is 2.62. The molecule has 57 heavy (non-hydrogen) atoms. The lowest BCUT2D eigenvalue weighted by molar-refractivity contribution is 0.723. The molecule has 8 aromatic carbocycles. The van der Waals surface area contributed by atoms with Gasteiger partial charge in [0, 0.05) is 46.7 Å². The summed E-state index contributed by atoms with van der Waals surface area (Å²) in [7, 11) is 0. The van der Waals surface area contributed by atoms with Crippen molar-refractivity contribution in [3.63, 3.8) is 0 Å². The molecule has 2 aliphatic rings. The van der Waals surface area contributed by atoms with Gasteiger partial charge in [-0.15, -0.1) is 11.3 Å². The van der Waals surface area contributed by atoms with Crippen molar-refractivity contribution in [2.45, 2.75) is 15.2 Å². The Morgan fingerprint density at radius 1 is 0.386 bits per heavy atom. The zero-order valence-electron chi connectivity index (χ0n) is 30.7. The van der Waals surface area contributed by atoms with Gasteiger partial charge >= 0.3 is 0 Å². The number of benzene rings is 8. The molecule has 4 heteroatoms. The normalized spacial score (nSPS) is 13.3. The van der Waals surface area contributed by atoms with Crippen molar-refractivity contribution in [3.8, 4) is 56.2 Å². The van der Waals surface area contributed by atoms with Gasteiger partial charge in [0.2, 0.25) is 0 Å². The maximum atomic E-state index is 5.30. The number of hydrogen-bond donors (Lipinski definition) is 0. The van der Waals surface area contributed by atoms with E-state index in [0.29, 0.717) is 0 Å². The number of thiophene rings is 1. The molecule has 0 saturated heterocycles.